The summed E-state index contributed by atoms with van der Waals surface area (Å²) in [5.41, 5.74) is 3.03. The highest BCUT2D eigenvalue weighted by Crippen LogP contribution is 2.26. The van der Waals surface area contributed by atoms with Gasteiger partial charge in [-0.1, -0.05) is 18.9 Å². The molecule has 2 aliphatic rings. The van der Waals surface area contributed by atoms with Crippen LogP contribution in [0.5, 0.6) is 5.75 Å². The van der Waals surface area contributed by atoms with Crippen molar-refractivity contribution in [2.75, 3.05) is 6.54 Å². The number of ether oxygens (including phenoxy) is 1. The van der Waals surface area contributed by atoms with Gasteiger partial charge in [0.2, 0.25) is 0 Å². The second-order valence-corrected chi connectivity index (χ2v) is 6.46. The zero-order valence-corrected chi connectivity index (χ0v) is 12.7. The van der Waals surface area contributed by atoms with Crippen LogP contribution in [0, 0.1) is 0 Å². The van der Waals surface area contributed by atoms with Crippen LogP contribution in [0.1, 0.15) is 56.6 Å². The minimum atomic E-state index is 0.247. The van der Waals surface area contributed by atoms with Crippen molar-refractivity contribution < 1.29 is 4.74 Å². The van der Waals surface area contributed by atoms with Gasteiger partial charge in [-0.2, -0.15) is 0 Å². The maximum Gasteiger partial charge on any atom is 0.120 e. The van der Waals surface area contributed by atoms with Crippen molar-refractivity contribution in [2.45, 2.75) is 70.4 Å². The second-order valence-electron chi connectivity index (χ2n) is 6.46. The highest BCUT2D eigenvalue weighted by Gasteiger charge is 2.16. The summed E-state index contributed by atoms with van der Waals surface area (Å²) < 4.78 is 6.08. The van der Waals surface area contributed by atoms with Gasteiger partial charge in [-0.15, -0.1) is 0 Å². The standard InChI is InChI=1S/C18H27NO/c1-14(13-19-17-8-4-5-9-17)20-18-11-10-15-6-2-3-7-16(15)12-18/h10-12,14,17,19H,2-9,13H2,1H3. The van der Waals surface area contributed by atoms with Crippen LogP contribution in [0.25, 0.3) is 0 Å². The molecule has 0 spiro atoms. The summed E-state index contributed by atoms with van der Waals surface area (Å²) >= 11 is 0. The molecule has 0 aromatic heterocycles. The first kappa shape index (κ1) is 13.9. The van der Waals surface area contributed by atoms with Crippen molar-refractivity contribution in [2.24, 2.45) is 0 Å². The topological polar surface area (TPSA) is 21.3 Å². The van der Waals surface area contributed by atoms with E-state index in [2.05, 4.69) is 30.4 Å². The SMILES string of the molecule is CC(CNC1CCCC1)Oc1ccc2c(c1)CCCC2. The summed E-state index contributed by atoms with van der Waals surface area (Å²) in [7, 11) is 0. The molecule has 110 valence electrons. The molecule has 0 aliphatic heterocycles. The van der Waals surface area contributed by atoms with E-state index in [1.807, 2.05) is 0 Å². The molecule has 2 heteroatoms. The van der Waals surface area contributed by atoms with Crippen LogP contribution in [-0.2, 0) is 12.8 Å². The van der Waals surface area contributed by atoms with E-state index in [4.69, 9.17) is 4.74 Å². The maximum absolute atomic E-state index is 6.08. The Morgan fingerprint density at radius 2 is 1.85 bits per heavy atom. The smallest absolute Gasteiger partial charge is 0.120 e. The first-order chi connectivity index (χ1) is 9.81. The van der Waals surface area contributed by atoms with Gasteiger partial charge in [-0.3, -0.25) is 0 Å². The summed E-state index contributed by atoms with van der Waals surface area (Å²) in [6.45, 7) is 3.13. The lowest BCUT2D eigenvalue weighted by molar-refractivity contribution is 0.211. The molecule has 1 aromatic rings. The van der Waals surface area contributed by atoms with Crippen LogP contribution >= 0.6 is 0 Å². The van der Waals surface area contributed by atoms with Crippen LogP contribution in [0.3, 0.4) is 0 Å². The van der Waals surface area contributed by atoms with Crippen molar-refractivity contribution in [3.63, 3.8) is 0 Å². The van der Waals surface area contributed by atoms with Crippen molar-refractivity contribution in [1.29, 1.82) is 0 Å². The van der Waals surface area contributed by atoms with Crippen molar-refractivity contribution in [3.8, 4) is 5.75 Å². The molecule has 2 nitrogen and oxygen atoms in total. The average Bonchev–Trinajstić information content (AvgIpc) is 2.98. The van der Waals surface area contributed by atoms with E-state index in [1.54, 1.807) is 0 Å². The molecule has 0 saturated heterocycles. The van der Waals surface area contributed by atoms with E-state index in [0.29, 0.717) is 0 Å². The van der Waals surface area contributed by atoms with Crippen molar-refractivity contribution in [3.05, 3.63) is 29.3 Å². The Morgan fingerprint density at radius 3 is 2.65 bits per heavy atom. The van der Waals surface area contributed by atoms with Crippen molar-refractivity contribution >= 4 is 0 Å². The second kappa shape index (κ2) is 6.62. The number of hydrogen-bond donors (Lipinski definition) is 1. The van der Waals surface area contributed by atoms with E-state index < -0.39 is 0 Å². The average molecular weight is 273 g/mol. The fourth-order valence-corrected chi connectivity index (χ4v) is 3.52. The molecule has 0 radical (unpaired) electrons. The first-order valence-corrected chi connectivity index (χ1v) is 8.33. The monoisotopic (exact) mass is 273 g/mol. The van der Waals surface area contributed by atoms with Crippen molar-refractivity contribution in [1.82, 2.24) is 5.32 Å². The number of rotatable bonds is 5. The number of aryl methyl sites for hydroxylation is 2. The molecule has 1 aromatic carbocycles. The van der Waals surface area contributed by atoms with E-state index in [-0.39, 0.29) is 6.10 Å². The molecule has 3 rings (SSSR count). The summed E-state index contributed by atoms with van der Waals surface area (Å²) in [5.74, 6) is 1.05. The predicted octanol–water partition coefficient (Wildman–Crippen LogP) is 3.86. The fourth-order valence-electron chi connectivity index (χ4n) is 3.52. The molecule has 0 amide bonds. The molecular weight excluding hydrogens is 246 g/mol. The number of hydrogen-bond acceptors (Lipinski definition) is 2. The van der Waals surface area contributed by atoms with Gasteiger partial charge in [0, 0.05) is 12.6 Å². The number of nitrogens with one attached hydrogen (secondary N) is 1. The zero-order valence-electron chi connectivity index (χ0n) is 12.7. The fraction of sp³-hybridized carbons (Fsp3) is 0.667. The van der Waals surface area contributed by atoms with Gasteiger partial charge in [0.05, 0.1) is 0 Å². The van der Waals surface area contributed by atoms with Gasteiger partial charge >= 0.3 is 0 Å². The van der Waals surface area contributed by atoms with Gasteiger partial charge in [0.1, 0.15) is 11.9 Å². The minimum absolute atomic E-state index is 0.247. The Morgan fingerprint density at radius 1 is 1.10 bits per heavy atom. The molecule has 1 atom stereocenters. The zero-order chi connectivity index (χ0) is 13.8. The minimum Gasteiger partial charge on any atom is -0.489 e. The van der Waals surface area contributed by atoms with Gasteiger partial charge in [-0.05, 0) is 68.7 Å². The maximum atomic E-state index is 6.08. The number of benzene rings is 1. The molecule has 20 heavy (non-hydrogen) atoms. The molecule has 1 unspecified atom stereocenters. The molecule has 2 aliphatic carbocycles. The Labute approximate surface area is 122 Å². The molecule has 1 N–H and O–H groups in total. The molecule has 1 fully saturated rings. The third kappa shape index (κ3) is 3.54. The van der Waals surface area contributed by atoms with Crippen LogP contribution < -0.4 is 10.1 Å². The Kier molecular flexibility index (Phi) is 4.62. The lowest BCUT2D eigenvalue weighted by atomic mass is 9.92. The first-order valence-electron chi connectivity index (χ1n) is 8.33. The predicted molar refractivity (Wildman–Crippen MR) is 83.4 cm³/mol. The summed E-state index contributed by atoms with van der Waals surface area (Å²) in [5, 5.41) is 3.64. The van der Waals surface area contributed by atoms with Gasteiger partial charge < -0.3 is 10.1 Å². The third-order valence-corrected chi connectivity index (χ3v) is 4.71. The number of fused-ring (bicyclic) bond motifs is 1. The molecule has 1 saturated carbocycles. The molecule has 0 heterocycles. The normalized spacial score (nSPS) is 20.6. The quantitative estimate of drug-likeness (QED) is 0.879. The molecule has 0 bridgehead atoms. The van der Waals surface area contributed by atoms with E-state index in [9.17, 15) is 0 Å². The van der Waals surface area contributed by atoms with Crippen LogP contribution in [0.4, 0.5) is 0 Å². The van der Waals surface area contributed by atoms with E-state index in [0.717, 1.165) is 18.3 Å². The Hall–Kier alpha value is -1.02. The summed E-state index contributed by atoms with van der Waals surface area (Å²) in [6.07, 6.45) is 10.8. The van der Waals surface area contributed by atoms with E-state index >= 15 is 0 Å². The van der Waals surface area contributed by atoms with Crippen LogP contribution in [0.15, 0.2) is 18.2 Å². The third-order valence-electron chi connectivity index (χ3n) is 4.71. The summed E-state index contributed by atoms with van der Waals surface area (Å²) in [4.78, 5) is 0. The lowest BCUT2D eigenvalue weighted by Crippen LogP contribution is -2.35. The highest BCUT2D eigenvalue weighted by molar-refractivity contribution is 5.37. The van der Waals surface area contributed by atoms with Crippen LogP contribution in [0.2, 0.25) is 0 Å². The van der Waals surface area contributed by atoms with Gasteiger partial charge in [-0.25, -0.2) is 0 Å². The van der Waals surface area contributed by atoms with Crippen LogP contribution in [-0.4, -0.2) is 18.7 Å². The molecular formula is C18H27NO. The van der Waals surface area contributed by atoms with Gasteiger partial charge in [0.15, 0.2) is 0 Å². The Balaban J connectivity index is 1.51. The highest BCUT2D eigenvalue weighted by atomic mass is 16.5. The lowest BCUT2D eigenvalue weighted by Gasteiger charge is -2.21. The summed E-state index contributed by atoms with van der Waals surface area (Å²) in [6, 6.07) is 7.40. The Bertz CT molecular complexity index is 437. The van der Waals surface area contributed by atoms with Gasteiger partial charge in [0.25, 0.3) is 0 Å². The van der Waals surface area contributed by atoms with E-state index in [1.165, 1.54) is 62.5 Å². The largest absolute Gasteiger partial charge is 0.489 e.